The third-order valence-electron chi connectivity index (χ3n) is 3.73. The first-order valence-electron chi connectivity index (χ1n) is 8.05. The zero-order chi connectivity index (χ0) is 19.7. The van der Waals surface area contributed by atoms with Crippen molar-refractivity contribution in [2.45, 2.75) is 24.3 Å². The van der Waals surface area contributed by atoms with Crippen molar-refractivity contribution < 1.29 is 17.9 Å². The molecule has 142 valence electrons. The number of sulfonamides is 1. The van der Waals surface area contributed by atoms with E-state index in [1.807, 2.05) is 30.3 Å². The molecule has 3 rings (SSSR count). The Kier molecular flexibility index (Phi) is 5.34. The summed E-state index contributed by atoms with van der Waals surface area (Å²) in [6.45, 7) is 2.80. The molecule has 2 N–H and O–H groups in total. The number of nitrogens with zero attached hydrogens (tertiary/aromatic N) is 2. The van der Waals surface area contributed by atoms with Crippen LogP contribution in [0.2, 0.25) is 5.02 Å². The van der Waals surface area contributed by atoms with Crippen LogP contribution in [-0.2, 0) is 10.0 Å². The van der Waals surface area contributed by atoms with Gasteiger partial charge < -0.3 is 9.52 Å². The molecule has 0 saturated carbocycles. The normalized spacial score (nSPS) is 12.3. The summed E-state index contributed by atoms with van der Waals surface area (Å²) in [5, 5.41) is 17.6. The molecule has 0 unspecified atom stereocenters. The molecule has 7 nitrogen and oxygen atoms in total. The SMILES string of the molecule is CC(C)(CO)NS(=O)(=O)c1ccc(Cl)c(-c2nnc(-c3ccccc3)o2)c1. The standard InChI is InChI=1S/C18H18ClN3O4S/c1-18(2,11-23)22-27(24,25)13-8-9-15(19)14(10-13)17-21-20-16(26-17)12-6-4-3-5-7-12/h3-10,22-23H,11H2,1-2H3. The minimum absolute atomic E-state index is 0.0251. The summed E-state index contributed by atoms with van der Waals surface area (Å²) >= 11 is 6.21. The number of halogens is 1. The summed E-state index contributed by atoms with van der Waals surface area (Å²) in [5.41, 5.74) is 0.0300. The lowest BCUT2D eigenvalue weighted by Crippen LogP contribution is -2.46. The molecule has 1 aromatic heterocycles. The lowest BCUT2D eigenvalue weighted by atomic mass is 10.1. The lowest BCUT2D eigenvalue weighted by molar-refractivity contribution is 0.208. The number of aliphatic hydroxyl groups excluding tert-OH is 1. The summed E-state index contributed by atoms with van der Waals surface area (Å²) in [6, 6.07) is 13.4. The van der Waals surface area contributed by atoms with Gasteiger partial charge in [0, 0.05) is 5.56 Å². The van der Waals surface area contributed by atoms with E-state index in [0.29, 0.717) is 11.5 Å². The van der Waals surface area contributed by atoms with Gasteiger partial charge in [-0.15, -0.1) is 10.2 Å². The van der Waals surface area contributed by atoms with Crippen LogP contribution in [0.15, 0.2) is 57.8 Å². The van der Waals surface area contributed by atoms with Crippen LogP contribution in [0, 0.1) is 0 Å². The van der Waals surface area contributed by atoms with E-state index >= 15 is 0 Å². The van der Waals surface area contributed by atoms with Crippen molar-refractivity contribution >= 4 is 21.6 Å². The molecule has 0 aliphatic carbocycles. The summed E-state index contributed by atoms with van der Waals surface area (Å²) < 4.78 is 33.3. The molecule has 3 aromatic rings. The van der Waals surface area contributed by atoms with Gasteiger partial charge >= 0.3 is 0 Å². The average Bonchev–Trinajstić information content (AvgIpc) is 3.12. The van der Waals surface area contributed by atoms with Gasteiger partial charge in [0.05, 0.1) is 27.6 Å². The van der Waals surface area contributed by atoms with Crippen molar-refractivity contribution in [1.29, 1.82) is 0 Å². The van der Waals surface area contributed by atoms with Crippen molar-refractivity contribution in [3.05, 3.63) is 53.6 Å². The highest BCUT2D eigenvalue weighted by molar-refractivity contribution is 7.89. The fourth-order valence-corrected chi connectivity index (χ4v) is 3.95. The van der Waals surface area contributed by atoms with Crippen LogP contribution in [-0.4, -0.2) is 35.9 Å². The first-order valence-corrected chi connectivity index (χ1v) is 9.92. The van der Waals surface area contributed by atoms with Crippen LogP contribution in [0.4, 0.5) is 0 Å². The van der Waals surface area contributed by atoms with Crippen LogP contribution in [0.25, 0.3) is 22.9 Å². The first kappa shape index (κ1) is 19.5. The first-order chi connectivity index (χ1) is 12.7. The van der Waals surface area contributed by atoms with Gasteiger partial charge in [0.15, 0.2) is 0 Å². The molecule has 0 fully saturated rings. The predicted octanol–water partition coefficient (Wildman–Crippen LogP) is 3.11. The van der Waals surface area contributed by atoms with Gasteiger partial charge in [-0.3, -0.25) is 0 Å². The Hall–Kier alpha value is -2.26. The molecular weight excluding hydrogens is 390 g/mol. The average molecular weight is 408 g/mol. The summed E-state index contributed by atoms with van der Waals surface area (Å²) in [6.07, 6.45) is 0. The summed E-state index contributed by atoms with van der Waals surface area (Å²) in [7, 11) is -3.88. The maximum Gasteiger partial charge on any atom is 0.249 e. The Morgan fingerprint density at radius 2 is 1.78 bits per heavy atom. The van der Waals surface area contributed by atoms with Crippen LogP contribution in [0.5, 0.6) is 0 Å². The third-order valence-corrected chi connectivity index (χ3v) is 5.76. The highest BCUT2D eigenvalue weighted by atomic mass is 35.5. The molecule has 0 saturated heterocycles. The summed E-state index contributed by atoms with van der Waals surface area (Å²) in [5.74, 6) is 0.409. The van der Waals surface area contributed by atoms with Crippen molar-refractivity contribution in [2.24, 2.45) is 0 Å². The van der Waals surface area contributed by atoms with Crippen LogP contribution in [0.3, 0.4) is 0 Å². The molecule has 0 aliphatic rings. The molecule has 0 spiro atoms. The van der Waals surface area contributed by atoms with Gasteiger partial charge in [-0.25, -0.2) is 13.1 Å². The molecule has 0 amide bonds. The second kappa shape index (κ2) is 7.40. The second-order valence-corrected chi connectivity index (χ2v) is 8.66. The Balaban J connectivity index is 1.99. The molecule has 2 aromatic carbocycles. The van der Waals surface area contributed by atoms with E-state index < -0.39 is 15.6 Å². The molecule has 0 aliphatic heterocycles. The predicted molar refractivity (Wildman–Crippen MR) is 102 cm³/mol. The van der Waals surface area contributed by atoms with E-state index in [1.165, 1.54) is 18.2 Å². The van der Waals surface area contributed by atoms with Gasteiger partial charge in [-0.1, -0.05) is 29.8 Å². The van der Waals surface area contributed by atoms with Crippen LogP contribution in [0.1, 0.15) is 13.8 Å². The fourth-order valence-electron chi connectivity index (χ4n) is 2.32. The van der Waals surface area contributed by atoms with Gasteiger partial charge in [0.25, 0.3) is 0 Å². The number of aromatic nitrogens is 2. The molecule has 0 radical (unpaired) electrons. The van der Waals surface area contributed by atoms with Crippen molar-refractivity contribution in [1.82, 2.24) is 14.9 Å². The van der Waals surface area contributed by atoms with Gasteiger partial charge in [-0.05, 0) is 44.2 Å². The lowest BCUT2D eigenvalue weighted by Gasteiger charge is -2.23. The number of benzene rings is 2. The molecule has 0 bridgehead atoms. The second-order valence-electron chi connectivity index (χ2n) is 6.57. The van der Waals surface area contributed by atoms with Crippen LogP contribution < -0.4 is 4.72 Å². The molecule has 27 heavy (non-hydrogen) atoms. The largest absolute Gasteiger partial charge is 0.416 e. The number of rotatable bonds is 6. The smallest absolute Gasteiger partial charge is 0.249 e. The Bertz CT molecular complexity index is 1050. The number of hydrogen-bond acceptors (Lipinski definition) is 6. The minimum atomic E-state index is -3.88. The van der Waals surface area contributed by atoms with E-state index in [-0.39, 0.29) is 22.4 Å². The molecular formula is C18H18ClN3O4S. The van der Waals surface area contributed by atoms with Crippen molar-refractivity contribution in [3.8, 4) is 22.9 Å². The highest BCUT2D eigenvalue weighted by Gasteiger charge is 2.26. The topological polar surface area (TPSA) is 105 Å². The Morgan fingerprint density at radius 1 is 1.11 bits per heavy atom. The van der Waals surface area contributed by atoms with E-state index in [2.05, 4.69) is 14.9 Å². The number of aliphatic hydroxyl groups is 1. The maximum absolute atomic E-state index is 12.6. The molecule has 0 atom stereocenters. The van der Waals surface area contributed by atoms with Gasteiger partial charge in [-0.2, -0.15) is 0 Å². The minimum Gasteiger partial charge on any atom is -0.416 e. The monoisotopic (exact) mass is 407 g/mol. The fraction of sp³-hybridized carbons (Fsp3) is 0.222. The number of hydrogen-bond donors (Lipinski definition) is 2. The zero-order valence-corrected chi connectivity index (χ0v) is 16.3. The quantitative estimate of drug-likeness (QED) is 0.650. The Morgan fingerprint density at radius 3 is 2.44 bits per heavy atom. The van der Waals surface area contributed by atoms with Crippen molar-refractivity contribution in [3.63, 3.8) is 0 Å². The van der Waals surface area contributed by atoms with E-state index in [4.69, 9.17) is 16.0 Å². The number of nitrogens with one attached hydrogen (secondary N) is 1. The van der Waals surface area contributed by atoms with E-state index in [1.54, 1.807) is 13.8 Å². The van der Waals surface area contributed by atoms with Crippen molar-refractivity contribution in [2.75, 3.05) is 6.61 Å². The van der Waals surface area contributed by atoms with Gasteiger partial charge in [0.2, 0.25) is 21.8 Å². The van der Waals surface area contributed by atoms with E-state index in [9.17, 15) is 13.5 Å². The third kappa shape index (κ3) is 4.36. The maximum atomic E-state index is 12.6. The van der Waals surface area contributed by atoms with Gasteiger partial charge in [0.1, 0.15) is 0 Å². The molecule has 9 heteroatoms. The zero-order valence-electron chi connectivity index (χ0n) is 14.7. The highest BCUT2D eigenvalue weighted by Crippen LogP contribution is 2.31. The Labute approximate surface area is 162 Å². The summed E-state index contributed by atoms with van der Waals surface area (Å²) in [4.78, 5) is -0.0251. The molecule has 1 heterocycles. The van der Waals surface area contributed by atoms with Crippen LogP contribution >= 0.6 is 11.6 Å². The van der Waals surface area contributed by atoms with E-state index in [0.717, 1.165) is 5.56 Å².